The zero-order valence-corrected chi connectivity index (χ0v) is 10.9. The van der Waals surface area contributed by atoms with Crippen molar-refractivity contribution in [2.45, 2.75) is 26.3 Å². The van der Waals surface area contributed by atoms with Crippen molar-refractivity contribution < 1.29 is 4.74 Å². The second kappa shape index (κ2) is 6.26. The topological polar surface area (TPSA) is 62.0 Å². The molecule has 1 rings (SSSR count). The number of ether oxygens (including phenoxy) is 1. The third-order valence-electron chi connectivity index (χ3n) is 2.31. The van der Waals surface area contributed by atoms with Crippen molar-refractivity contribution in [2.24, 2.45) is 0 Å². The summed E-state index contributed by atoms with van der Waals surface area (Å²) in [6.45, 7) is 4.62. The average Bonchev–Trinajstić information content (AvgIpc) is 2.29. The predicted molar refractivity (Wildman–Crippen MR) is 66.3 cm³/mol. The number of aromatic nitrogens is 2. The van der Waals surface area contributed by atoms with Gasteiger partial charge in [0.1, 0.15) is 6.33 Å². The van der Waals surface area contributed by atoms with Gasteiger partial charge in [-0.05, 0) is 13.8 Å². The number of nitriles is 1. The van der Waals surface area contributed by atoms with Crippen LogP contribution >= 0.6 is 11.6 Å². The van der Waals surface area contributed by atoms with Crippen molar-refractivity contribution in [3.05, 3.63) is 11.5 Å². The highest BCUT2D eigenvalue weighted by atomic mass is 35.5. The van der Waals surface area contributed by atoms with E-state index in [0.29, 0.717) is 24.5 Å². The average molecular weight is 255 g/mol. The van der Waals surface area contributed by atoms with Crippen molar-refractivity contribution in [3.63, 3.8) is 0 Å². The molecule has 5 nitrogen and oxygen atoms in total. The van der Waals surface area contributed by atoms with Gasteiger partial charge in [0.2, 0.25) is 0 Å². The number of halogens is 1. The monoisotopic (exact) mass is 254 g/mol. The molecule has 0 spiro atoms. The van der Waals surface area contributed by atoms with Gasteiger partial charge in [-0.2, -0.15) is 5.26 Å². The number of nitrogens with zero attached hydrogens (tertiary/aromatic N) is 4. The largest absolute Gasteiger partial charge is 0.490 e. The molecular weight excluding hydrogens is 240 g/mol. The van der Waals surface area contributed by atoms with Crippen molar-refractivity contribution in [1.82, 2.24) is 9.97 Å². The first-order valence-electron chi connectivity index (χ1n) is 5.29. The van der Waals surface area contributed by atoms with Gasteiger partial charge >= 0.3 is 0 Å². The van der Waals surface area contributed by atoms with E-state index < -0.39 is 0 Å². The Labute approximate surface area is 106 Å². The quantitative estimate of drug-likeness (QED) is 0.755. The molecule has 1 aromatic rings. The molecule has 0 unspecified atom stereocenters. The van der Waals surface area contributed by atoms with E-state index in [-0.39, 0.29) is 11.2 Å². The summed E-state index contributed by atoms with van der Waals surface area (Å²) in [6.07, 6.45) is 1.81. The molecule has 0 saturated heterocycles. The molecule has 0 aliphatic carbocycles. The summed E-state index contributed by atoms with van der Waals surface area (Å²) in [6, 6.07) is 2.31. The van der Waals surface area contributed by atoms with Gasteiger partial charge in [-0.15, -0.1) is 0 Å². The molecule has 6 heteroatoms. The van der Waals surface area contributed by atoms with Crippen LogP contribution in [0.4, 0.5) is 5.82 Å². The molecule has 0 aliphatic rings. The fraction of sp³-hybridized carbons (Fsp3) is 0.545. The van der Waals surface area contributed by atoms with E-state index in [1.54, 1.807) is 0 Å². The van der Waals surface area contributed by atoms with Crippen LogP contribution in [0.2, 0.25) is 5.15 Å². The van der Waals surface area contributed by atoms with Crippen molar-refractivity contribution in [2.75, 3.05) is 18.6 Å². The molecule has 0 radical (unpaired) electrons. The van der Waals surface area contributed by atoms with E-state index in [0.717, 1.165) is 0 Å². The fourth-order valence-electron chi connectivity index (χ4n) is 1.50. The standard InChI is InChI=1S/C11H15ClN4O/c1-8(2)16(6-4-5-13)11-9(17-3)10(12)14-7-15-11/h7-8H,4,6H2,1-3H3. The lowest BCUT2D eigenvalue weighted by atomic mass is 10.3. The molecule has 1 aromatic heterocycles. The number of hydrogen-bond donors (Lipinski definition) is 0. The van der Waals surface area contributed by atoms with E-state index in [1.807, 2.05) is 18.7 Å². The van der Waals surface area contributed by atoms with Gasteiger partial charge < -0.3 is 9.64 Å². The van der Waals surface area contributed by atoms with Gasteiger partial charge in [0.05, 0.1) is 19.6 Å². The first kappa shape index (κ1) is 13.5. The molecular formula is C11H15ClN4O. The summed E-state index contributed by atoms with van der Waals surface area (Å²) in [5.74, 6) is 1.07. The van der Waals surface area contributed by atoms with E-state index in [4.69, 9.17) is 21.6 Å². The highest BCUT2D eigenvalue weighted by molar-refractivity contribution is 6.31. The van der Waals surface area contributed by atoms with Gasteiger partial charge in [-0.3, -0.25) is 0 Å². The summed E-state index contributed by atoms with van der Waals surface area (Å²) in [5, 5.41) is 8.94. The summed E-state index contributed by atoms with van der Waals surface area (Å²) in [4.78, 5) is 10.0. The van der Waals surface area contributed by atoms with Crippen LogP contribution in [-0.2, 0) is 0 Å². The summed E-state index contributed by atoms with van der Waals surface area (Å²) in [7, 11) is 1.52. The molecule has 92 valence electrons. The minimum atomic E-state index is 0.197. The molecule has 0 fully saturated rings. The molecule has 1 heterocycles. The Balaban J connectivity index is 3.09. The molecule has 17 heavy (non-hydrogen) atoms. The SMILES string of the molecule is COc1c(Cl)ncnc1N(CCC#N)C(C)C. The Morgan fingerprint density at radius 1 is 1.53 bits per heavy atom. The first-order valence-corrected chi connectivity index (χ1v) is 5.67. The van der Waals surface area contributed by atoms with Crippen LogP contribution in [0.15, 0.2) is 6.33 Å². The maximum absolute atomic E-state index is 8.66. The van der Waals surface area contributed by atoms with E-state index >= 15 is 0 Å². The molecule has 0 atom stereocenters. The lowest BCUT2D eigenvalue weighted by Crippen LogP contribution is -2.32. The van der Waals surface area contributed by atoms with E-state index in [1.165, 1.54) is 13.4 Å². The molecule has 0 aliphatic heterocycles. The Hall–Kier alpha value is -1.54. The first-order chi connectivity index (χ1) is 8.11. The lowest BCUT2D eigenvalue weighted by molar-refractivity contribution is 0.409. The van der Waals surface area contributed by atoms with Crippen molar-refractivity contribution >= 4 is 17.4 Å². The Morgan fingerprint density at radius 2 is 2.24 bits per heavy atom. The molecule has 0 bridgehead atoms. The zero-order chi connectivity index (χ0) is 12.8. The highest BCUT2D eigenvalue weighted by Crippen LogP contribution is 2.32. The van der Waals surface area contributed by atoms with Gasteiger partial charge in [0, 0.05) is 12.6 Å². The maximum atomic E-state index is 8.66. The fourth-order valence-corrected chi connectivity index (χ4v) is 1.71. The number of anilines is 1. The normalized spacial score (nSPS) is 10.1. The van der Waals surface area contributed by atoms with E-state index in [2.05, 4.69) is 16.0 Å². The highest BCUT2D eigenvalue weighted by Gasteiger charge is 2.19. The smallest absolute Gasteiger partial charge is 0.199 e. The molecule has 0 N–H and O–H groups in total. The van der Waals surface area contributed by atoms with Crippen molar-refractivity contribution in [1.29, 1.82) is 5.26 Å². The zero-order valence-electron chi connectivity index (χ0n) is 10.1. The second-order valence-corrected chi connectivity index (χ2v) is 4.07. The summed E-state index contributed by atoms with van der Waals surface area (Å²) >= 11 is 5.94. The Morgan fingerprint density at radius 3 is 2.76 bits per heavy atom. The molecule has 0 amide bonds. The van der Waals surface area contributed by atoms with E-state index in [9.17, 15) is 0 Å². The van der Waals surface area contributed by atoms with Crippen LogP contribution in [0.25, 0.3) is 0 Å². The van der Waals surface area contributed by atoms with Crippen LogP contribution < -0.4 is 9.64 Å². The number of rotatable bonds is 5. The lowest BCUT2D eigenvalue weighted by Gasteiger charge is -2.28. The van der Waals surface area contributed by atoms with Gasteiger partial charge in [0.15, 0.2) is 16.7 Å². The third-order valence-corrected chi connectivity index (χ3v) is 2.57. The second-order valence-electron chi connectivity index (χ2n) is 3.72. The number of methoxy groups -OCH3 is 1. The third kappa shape index (κ3) is 3.21. The minimum Gasteiger partial charge on any atom is -0.490 e. The Bertz CT molecular complexity index is 416. The molecule has 0 aromatic carbocycles. The maximum Gasteiger partial charge on any atom is 0.199 e. The van der Waals surface area contributed by atoms with Crippen LogP contribution in [0.5, 0.6) is 5.75 Å². The minimum absolute atomic E-state index is 0.197. The van der Waals surface area contributed by atoms with Gasteiger partial charge in [0.25, 0.3) is 0 Å². The van der Waals surface area contributed by atoms with Crippen LogP contribution in [-0.4, -0.2) is 29.7 Å². The summed E-state index contributed by atoms with van der Waals surface area (Å²) < 4.78 is 5.21. The van der Waals surface area contributed by atoms with Crippen LogP contribution in [0.1, 0.15) is 20.3 Å². The van der Waals surface area contributed by atoms with Crippen LogP contribution in [0, 0.1) is 11.3 Å². The Kier molecular flexibility index (Phi) is 4.98. The van der Waals surface area contributed by atoms with Crippen LogP contribution in [0.3, 0.4) is 0 Å². The van der Waals surface area contributed by atoms with Gasteiger partial charge in [-0.1, -0.05) is 11.6 Å². The van der Waals surface area contributed by atoms with Crippen molar-refractivity contribution in [3.8, 4) is 11.8 Å². The predicted octanol–water partition coefficient (Wildman–Crippen LogP) is 2.27. The van der Waals surface area contributed by atoms with Gasteiger partial charge in [-0.25, -0.2) is 9.97 Å². The molecule has 0 saturated carbocycles. The number of hydrogen-bond acceptors (Lipinski definition) is 5. The summed E-state index contributed by atoms with van der Waals surface area (Å²) in [5.41, 5.74) is 0.